The van der Waals surface area contributed by atoms with Crippen molar-refractivity contribution in [2.24, 2.45) is 0 Å². The highest BCUT2D eigenvalue weighted by Gasteiger charge is 2.26. The van der Waals surface area contributed by atoms with E-state index < -0.39 is 0 Å². The van der Waals surface area contributed by atoms with Crippen LogP contribution in [0.25, 0.3) is 0 Å². The smallest absolute Gasteiger partial charge is 0.266 e. The van der Waals surface area contributed by atoms with Gasteiger partial charge in [0.15, 0.2) is 0 Å². The molecule has 1 heterocycles. The molecule has 0 unspecified atom stereocenters. The van der Waals surface area contributed by atoms with Crippen LogP contribution in [0, 0.1) is 11.3 Å². The van der Waals surface area contributed by atoms with Crippen LogP contribution in [0.5, 0.6) is 0 Å². The standard InChI is InChI=1S/C21H30N4O/c1-5-16-8-7-9-17(6-2)20(16)23-15-18(14-22)21(26)25(4)19-10-12-24(3)13-11-19/h7-9,15,19,23H,5-6,10-13H2,1-4H3/b18-15-. The molecule has 0 saturated carbocycles. The van der Waals surface area contributed by atoms with E-state index in [1.165, 1.54) is 11.1 Å². The monoisotopic (exact) mass is 354 g/mol. The van der Waals surface area contributed by atoms with Crippen molar-refractivity contribution in [1.29, 1.82) is 5.26 Å². The molecule has 1 amide bonds. The fourth-order valence-electron chi connectivity index (χ4n) is 3.45. The molecule has 1 aliphatic rings. The SMILES string of the molecule is CCc1cccc(CC)c1N/C=C(/C#N)C(=O)N(C)C1CCN(C)CC1. The van der Waals surface area contributed by atoms with Crippen LogP contribution in [-0.4, -0.2) is 48.9 Å². The lowest BCUT2D eigenvalue weighted by Gasteiger charge is -2.35. The van der Waals surface area contributed by atoms with Crippen LogP contribution in [0.2, 0.25) is 0 Å². The van der Waals surface area contributed by atoms with E-state index in [4.69, 9.17) is 0 Å². The second kappa shape index (κ2) is 9.40. The van der Waals surface area contributed by atoms with Gasteiger partial charge in [0.1, 0.15) is 11.6 Å². The average molecular weight is 354 g/mol. The van der Waals surface area contributed by atoms with E-state index in [-0.39, 0.29) is 17.5 Å². The molecule has 0 radical (unpaired) electrons. The first-order valence-electron chi connectivity index (χ1n) is 9.45. The first-order valence-corrected chi connectivity index (χ1v) is 9.45. The Morgan fingerprint density at radius 2 is 1.88 bits per heavy atom. The zero-order valence-electron chi connectivity index (χ0n) is 16.4. The Balaban J connectivity index is 2.15. The molecule has 0 spiro atoms. The van der Waals surface area contributed by atoms with Gasteiger partial charge in [-0.2, -0.15) is 5.26 Å². The topological polar surface area (TPSA) is 59.4 Å². The summed E-state index contributed by atoms with van der Waals surface area (Å²) in [6.07, 6.45) is 5.26. The van der Waals surface area contributed by atoms with Gasteiger partial charge >= 0.3 is 0 Å². The summed E-state index contributed by atoms with van der Waals surface area (Å²) in [7, 11) is 3.90. The van der Waals surface area contributed by atoms with Crippen LogP contribution < -0.4 is 5.32 Å². The Kier molecular flexibility index (Phi) is 7.23. The predicted molar refractivity (Wildman–Crippen MR) is 106 cm³/mol. The van der Waals surface area contributed by atoms with E-state index in [1.54, 1.807) is 18.1 Å². The predicted octanol–water partition coefficient (Wildman–Crippen LogP) is 3.18. The Bertz CT molecular complexity index is 674. The Morgan fingerprint density at radius 1 is 1.31 bits per heavy atom. The minimum absolute atomic E-state index is 0.152. The van der Waals surface area contributed by atoms with Crippen LogP contribution in [0.3, 0.4) is 0 Å². The number of nitriles is 1. The number of aryl methyl sites for hydroxylation is 2. The van der Waals surface area contributed by atoms with E-state index in [2.05, 4.69) is 55.4 Å². The lowest BCUT2D eigenvalue weighted by Crippen LogP contribution is -2.44. The van der Waals surface area contributed by atoms with Crippen molar-refractivity contribution in [3.05, 3.63) is 41.1 Å². The van der Waals surface area contributed by atoms with E-state index in [0.29, 0.717) is 0 Å². The molecule has 1 aliphatic heterocycles. The molecular formula is C21H30N4O. The van der Waals surface area contributed by atoms with Crippen molar-refractivity contribution in [2.75, 3.05) is 32.5 Å². The van der Waals surface area contributed by atoms with E-state index >= 15 is 0 Å². The van der Waals surface area contributed by atoms with Crippen molar-refractivity contribution < 1.29 is 4.79 Å². The number of carbonyl (C=O) groups excluding carboxylic acids is 1. The molecule has 140 valence electrons. The van der Waals surface area contributed by atoms with Gasteiger partial charge in [0.25, 0.3) is 5.91 Å². The summed E-state index contributed by atoms with van der Waals surface area (Å²) in [4.78, 5) is 16.8. The third kappa shape index (κ3) is 4.64. The van der Waals surface area contributed by atoms with Gasteiger partial charge in [-0.3, -0.25) is 4.79 Å². The third-order valence-electron chi connectivity index (χ3n) is 5.27. The Labute approximate surface area is 157 Å². The number of benzene rings is 1. The molecule has 1 saturated heterocycles. The normalized spacial score (nSPS) is 16.2. The zero-order valence-corrected chi connectivity index (χ0v) is 16.4. The highest BCUT2D eigenvalue weighted by molar-refractivity contribution is 5.97. The van der Waals surface area contributed by atoms with Gasteiger partial charge in [-0.25, -0.2) is 0 Å². The maximum Gasteiger partial charge on any atom is 0.266 e. The number of anilines is 1. The molecule has 2 rings (SSSR count). The summed E-state index contributed by atoms with van der Waals surface area (Å²) in [6.45, 7) is 6.17. The number of nitrogens with one attached hydrogen (secondary N) is 1. The number of amides is 1. The van der Waals surface area contributed by atoms with Crippen molar-refractivity contribution in [3.63, 3.8) is 0 Å². The highest BCUT2D eigenvalue weighted by Crippen LogP contribution is 2.23. The summed E-state index contributed by atoms with van der Waals surface area (Å²) >= 11 is 0. The van der Waals surface area contributed by atoms with Gasteiger partial charge in [-0.05, 0) is 56.9 Å². The molecule has 1 N–H and O–H groups in total. The summed E-state index contributed by atoms with van der Waals surface area (Å²) in [5.41, 5.74) is 3.54. The molecule has 0 bridgehead atoms. The minimum atomic E-state index is -0.207. The van der Waals surface area contributed by atoms with Gasteiger partial charge in [0.2, 0.25) is 0 Å². The number of hydrogen-bond donors (Lipinski definition) is 1. The molecule has 26 heavy (non-hydrogen) atoms. The van der Waals surface area contributed by atoms with Crippen LogP contribution in [0.1, 0.15) is 37.8 Å². The second-order valence-corrected chi connectivity index (χ2v) is 6.92. The van der Waals surface area contributed by atoms with E-state index in [1.807, 2.05) is 0 Å². The number of nitrogens with zero attached hydrogens (tertiary/aromatic N) is 3. The number of para-hydroxylation sites is 1. The van der Waals surface area contributed by atoms with E-state index in [0.717, 1.165) is 44.5 Å². The number of likely N-dealkylation sites (tertiary alicyclic amines) is 1. The van der Waals surface area contributed by atoms with Gasteiger partial charge in [0.05, 0.1) is 0 Å². The largest absolute Gasteiger partial charge is 0.360 e. The molecule has 5 heteroatoms. The van der Waals surface area contributed by atoms with Crippen molar-refractivity contribution in [1.82, 2.24) is 9.80 Å². The lowest BCUT2D eigenvalue weighted by atomic mass is 10.0. The summed E-state index contributed by atoms with van der Waals surface area (Å²) in [5.74, 6) is -0.207. The maximum atomic E-state index is 12.8. The fourth-order valence-corrected chi connectivity index (χ4v) is 3.45. The zero-order chi connectivity index (χ0) is 19.1. The molecule has 1 aromatic carbocycles. The Morgan fingerprint density at radius 3 is 2.38 bits per heavy atom. The molecule has 1 fully saturated rings. The lowest BCUT2D eigenvalue weighted by molar-refractivity contribution is -0.128. The Hall–Kier alpha value is -2.32. The molecule has 1 aromatic rings. The number of likely N-dealkylation sites (N-methyl/N-ethyl adjacent to an activating group) is 1. The van der Waals surface area contributed by atoms with Gasteiger partial charge < -0.3 is 15.1 Å². The van der Waals surface area contributed by atoms with Crippen molar-refractivity contribution in [3.8, 4) is 6.07 Å². The number of piperidine rings is 1. The molecule has 0 aromatic heterocycles. The number of carbonyl (C=O) groups is 1. The molecule has 0 aliphatic carbocycles. The molecule has 0 atom stereocenters. The third-order valence-corrected chi connectivity index (χ3v) is 5.27. The van der Waals surface area contributed by atoms with E-state index in [9.17, 15) is 10.1 Å². The van der Waals surface area contributed by atoms with Crippen LogP contribution in [0.15, 0.2) is 30.0 Å². The quantitative estimate of drug-likeness (QED) is 0.630. The van der Waals surface area contributed by atoms with Crippen LogP contribution >= 0.6 is 0 Å². The second-order valence-electron chi connectivity index (χ2n) is 6.92. The fraction of sp³-hybridized carbons (Fsp3) is 0.524. The number of hydrogen-bond acceptors (Lipinski definition) is 4. The highest BCUT2D eigenvalue weighted by atomic mass is 16.2. The minimum Gasteiger partial charge on any atom is -0.360 e. The first kappa shape index (κ1) is 20.0. The molecular weight excluding hydrogens is 324 g/mol. The van der Waals surface area contributed by atoms with Crippen molar-refractivity contribution in [2.45, 2.75) is 45.6 Å². The molecule has 5 nitrogen and oxygen atoms in total. The van der Waals surface area contributed by atoms with Gasteiger partial charge in [-0.1, -0.05) is 32.0 Å². The first-order chi connectivity index (χ1) is 12.5. The van der Waals surface area contributed by atoms with Crippen LogP contribution in [-0.2, 0) is 17.6 Å². The number of rotatable bonds is 6. The van der Waals surface area contributed by atoms with Crippen molar-refractivity contribution >= 4 is 11.6 Å². The van der Waals surface area contributed by atoms with Gasteiger partial charge in [0, 0.05) is 25.0 Å². The summed E-state index contributed by atoms with van der Waals surface area (Å²) < 4.78 is 0. The van der Waals surface area contributed by atoms with Crippen LogP contribution in [0.4, 0.5) is 5.69 Å². The van der Waals surface area contributed by atoms with Gasteiger partial charge in [-0.15, -0.1) is 0 Å². The maximum absolute atomic E-state index is 12.8. The summed E-state index contributed by atoms with van der Waals surface area (Å²) in [5, 5.41) is 12.7. The summed E-state index contributed by atoms with van der Waals surface area (Å²) in [6, 6.07) is 8.48. The average Bonchev–Trinajstić information content (AvgIpc) is 2.68.